The first-order valence-corrected chi connectivity index (χ1v) is 8.45. The summed E-state index contributed by atoms with van der Waals surface area (Å²) in [5.41, 5.74) is 5.28. The van der Waals surface area contributed by atoms with E-state index in [9.17, 15) is 19.5 Å². The largest absolute Gasteiger partial charge is 0.550 e. The monoisotopic (exact) mass is 367 g/mol. The van der Waals surface area contributed by atoms with E-state index in [1.807, 2.05) is 0 Å². The zero-order chi connectivity index (χ0) is 18.4. The SMILES string of the molecule is Cc1cc(Cl)ccc1OCC(=O)NNC(=O)[C@@H]1CCCC[C@@H]1C(=O)[O-]. The Labute approximate surface area is 150 Å². The van der Waals surface area contributed by atoms with Gasteiger partial charge in [0.15, 0.2) is 6.61 Å². The average molecular weight is 368 g/mol. The smallest absolute Gasteiger partial charge is 0.276 e. The molecule has 2 N–H and O–H groups in total. The molecule has 1 aliphatic carbocycles. The molecular weight excluding hydrogens is 348 g/mol. The summed E-state index contributed by atoms with van der Waals surface area (Å²) < 4.78 is 5.36. The van der Waals surface area contributed by atoms with Gasteiger partial charge in [0.25, 0.3) is 5.91 Å². The number of carboxylic acid groups (broad SMARTS) is 1. The van der Waals surface area contributed by atoms with Gasteiger partial charge in [-0.1, -0.05) is 24.4 Å². The third kappa shape index (κ3) is 5.35. The fourth-order valence-electron chi connectivity index (χ4n) is 2.90. The molecule has 0 unspecified atom stereocenters. The van der Waals surface area contributed by atoms with Crippen LogP contribution in [0.25, 0.3) is 0 Å². The van der Waals surface area contributed by atoms with Gasteiger partial charge in [-0.2, -0.15) is 0 Å². The van der Waals surface area contributed by atoms with E-state index in [1.54, 1.807) is 25.1 Å². The number of carbonyl (C=O) groups is 3. The minimum absolute atomic E-state index is 0.294. The van der Waals surface area contributed by atoms with Gasteiger partial charge in [0, 0.05) is 22.8 Å². The molecule has 2 amide bonds. The molecule has 0 radical (unpaired) electrons. The first kappa shape index (κ1) is 19.1. The second kappa shape index (κ2) is 8.71. The molecule has 0 aromatic heterocycles. The van der Waals surface area contributed by atoms with E-state index in [0.29, 0.717) is 23.6 Å². The number of hydrogen-bond donors (Lipinski definition) is 2. The third-order valence-electron chi connectivity index (χ3n) is 4.23. The number of amides is 2. The summed E-state index contributed by atoms with van der Waals surface area (Å²) in [6.45, 7) is 1.50. The maximum Gasteiger partial charge on any atom is 0.276 e. The predicted octanol–water partition coefficient (Wildman–Crippen LogP) is 0.731. The number of rotatable bonds is 5. The van der Waals surface area contributed by atoms with E-state index in [4.69, 9.17) is 16.3 Å². The molecule has 1 fully saturated rings. The van der Waals surface area contributed by atoms with Crippen molar-refractivity contribution in [2.45, 2.75) is 32.6 Å². The van der Waals surface area contributed by atoms with Crippen molar-refractivity contribution in [1.29, 1.82) is 0 Å². The molecule has 1 aliphatic rings. The van der Waals surface area contributed by atoms with Crippen LogP contribution in [0.2, 0.25) is 5.02 Å². The van der Waals surface area contributed by atoms with Crippen molar-refractivity contribution in [2.75, 3.05) is 6.61 Å². The van der Waals surface area contributed by atoms with E-state index >= 15 is 0 Å². The van der Waals surface area contributed by atoms with E-state index in [-0.39, 0.29) is 6.61 Å². The lowest BCUT2D eigenvalue weighted by molar-refractivity contribution is -0.314. The summed E-state index contributed by atoms with van der Waals surface area (Å²) in [6, 6.07) is 5.00. The Balaban J connectivity index is 1.80. The second-order valence-electron chi connectivity index (χ2n) is 6.05. The van der Waals surface area contributed by atoms with Gasteiger partial charge in [-0.3, -0.25) is 20.4 Å². The zero-order valence-corrected chi connectivity index (χ0v) is 14.6. The van der Waals surface area contributed by atoms with Crippen molar-refractivity contribution < 1.29 is 24.2 Å². The fourth-order valence-corrected chi connectivity index (χ4v) is 3.13. The molecule has 2 atom stereocenters. The average Bonchev–Trinajstić information content (AvgIpc) is 2.58. The van der Waals surface area contributed by atoms with Gasteiger partial charge in [0.05, 0.1) is 0 Å². The summed E-state index contributed by atoms with van der Waals surface area (Å²) in [7, 11) is 0. The molecule has 0 heterocycles. The van der Waals surface area contributed by atoms with Crippen LogP contribution in [0.4, 0.5) is 0 Å². The van der Waals surface area contributed by atoms with E-state index in [1.165, 1.54) is 0 Å². The molecule has 1 aromatic rings. The normalized spacial score (nSPS) is 19.8. The quantitative estimate of drug-likeness (QED) is 0.746. The molecule has 1 saturated carbocycles. The van der Waals surface area contributed by atoms with Crippen LogP contribution in [0.1, 0.15) is 31.2 Å². The number of aliphatic carboxylic acids is 1. The number of ether oxygens (including phenoxy) is 1. The minimum Gasteiger partial charge on any atom is -0.550 e. The second-order valence-corrected chi connectivity index (χ2v) is 6.49. The maximum absolute atomic E-state index is 12.1. The van der Waals surface area contributed by atoms with Gasteiger partial charge >= 0.3 is 0 Å². The Kier molecular flexibility index (Phi) is 6.64. The van der Waals surface area contributed by atoms with Crippen molar-refractivity contribution in [3.63, 3.8) is 0 Å². The molecule has 7 nitrogen and oxygen atoms in total. The summed E-state index contributed by atoms with van der Waals surface area (Å²) >= 11 is 5.84. The van der Waals surface area contributed by atoms with Crippen molar-refractivity contribution in [2.24, 2.45) is 11.8 Å². The summed E-state index contributed by atoms with van der Waals surface area (Å²) in [5.74, 6) is -3.31. The summed E-state index contributed by atoms with van der Waals surface area (Å²) in [4.78, 5) is 35.0. The summed E-state index contributed by atoms with van der Waals surface area (Å²) in [5, 5.41) is 11.7. The number of aryl methyl sites for hydroxylation is 1. The van der Waals surface area contributed by atoms with Gasteiger partial charge in [0.1, 0.15) is 5.75 Å². The van der Waals surface area contributed by atoms with Crippen LogP contribution in [0, 0.1) is 18.8 Å². The molecule has 2 rings (SSSR count). The van der Waals surface area contributed by atoms with E-state index < -0.39 is 29.6 Å². The Morgan fingerprint density at radius 1 is 1.20 bits per heavy atom. The lowest BCUT2D eigenvalue weighted by atomic mass is 9.79. The highest BCUT2D eigenvalue weighted by Crippen LogP contribution is 2.29. The van der Waals surface area contributed by atoms with E-state index in [2.05, 4.69) is 10.9 Å². The first-order valence-electron chi connectivity index (χ1n) is 8.07. The minimum atomic E-state index is -1.23. The van der Waals surface area contributed by atoms with Crippen molar-refractivity contribution in [3.8, 4) is 5.75 Å². The number of hydrazine groups is 1. The molecule has 0 spiro atoms. The maximum atomic E-state index is 12.1. The highest BCUT2D eigenvalue weighted by atomic mass is 35.5. The summed E-state index contributed by atoms with van der Waals surface area (Å²) in [6.07, 6.45) is 2.39. The number of nitrogens with one attached hydrogen (secondary N) is 2. The van der Waals surface area contributed by atoms with Crippen LogP contribution in [0.3, 0.4) is 0 Å². The number of hydrogen-bond acceptors (Lipinski definition) is 5. The lowest BCUT2D eigenvalue weighted by Gasteiger charge is -2.31. The Morgan fingerprint density at radius 3 is 2.52 bits per heavy atom. The Bertz CT molecular complexity index is 664. The van der Waals surface area contributed by atoms with Crippen LogP contribution in [0.15, 0.2) is 18.2 Å². The molecular formula is C17H20ClN2O5-. The number of halogens is 1. The molecule has 1 aromatic carbocycles. The molecule has 0 saturated heterocycles. The zero-order valence-electron chi connectivity index (χ0n) is 13.8. The molecule has 0 bridgehead atoms. The molecule has 0 aliphatic heterocycles. The van der Waals surface area contributed by atoms with Crippen molar-refractivity contribution in [3.05, 3.63) is 28.8 Å². The predicted molar refractivity (Wildman–Crippen MR) is 88.4 cm³/mol. The number of carboxylic acids is 1. The van der Waals surface area contributed by atoms with Gasteiger partial charge < -0.3 is 14.6 Å². The Morgan fingerprint density at radius 2 is 1.88 bits per heavy atom. The van der Waals surface area contributed by atoms with Crippen LogP contribution >= 0.6 is 11.6 Å². The molecule has 136 valence electrons. The van der Waals surface area contributed by atoms with Crippen LogP contribution in [0.5, 0.6) is 5.75 Å². The molecule has 8 heteroatoms. The lowest BCUT2D eigenvalue weighted by Crippen LogP contribution is -2.50. The third-order valence-corrected chi connectivity index (χ3v) is 4.46. The van der Waals surface area contributed by atoms with Crippen molar-refractivity contribution >= 4 is 29.4 Å². The number of carbonyl (C=O) groups excluding carboxylic acids is 3. The highest BCUT2D eigenvalue weighted by Gasteiger charge is 2.31. The highest BCUT2D eigenvalue weighted by molar-refractivity contribution is 6.30. The van der Waals surface area contributed by atoms with Gasteiger partial charge in [-0.15, -0.1) is 0 Å². The fraction of sp³-hybridized carbons (Fsp3) is 0.471. The molecule has 25 heavy (non-hydrogen) atoms. The van der Waals surface area contributed by atoms with Crippen molar-refractivity contribution in [1.82, 2.24) is 10.9 Å². The van der Waals surface area contributed by atoms with Gasteiger partial charge in [-0.25, -0.2) is 0 Å². The van der Waals surface area contributed by atoms with Crippen LogP contribution < -0.4 is 20.7 Å². The number of benzene rings is 1. The first-order chi connectivity index (χ1) is 11.9. The standard InChI is InChI=1S/C17H21ClN2O5/c1-10-8-11(18)6-7-14(10)25-9-15(21)19-20-16(22)12-4-2-3-5-13(12)17(23)24/h6-8,12-13H,2-5,9H2,1H3,(H,19,21)(H,20,22)(H,23,24)/p-1/t12-,13+/m1/s1. The van der Waals surface area contributed by atoms with E-state index in [0.717, 1.165) is 18.4 Å². The van der Waals surface area contributed by atoms with Crippen LogP contribution in [-0.2, 0) is 14.4 Å². The topological polar surface area (TPSA) is 108 Å². The van der Waals surface area contributed by atoms with Crippen LogP contribution in [-0.4, -0.2) is 24.4 Å². The van der Waals surface area contributed by atoms with Gasteiger partial charge in [-0.05, 0) is 43.5 Å². The van der Waals surface area contributed by atoms with Gasteiger partial charge in [0.2, 0.25) is 5.91 Å². The Hall–Kier alpha value is -2.28.